The summed E-state index contributed by atoms with van der Waals surface area (Å²) in [5.41, 5.74) is 0.957. The van der Waals surface area contributed by atoms with E-state index in [1.165, 1.54) is 5.56 Å². The highest BCUT2D eigenvalue weighted by Crippen LogP contribution is 2.50. The van der Waals surface area contributed by atoms with Crippen LogP contribution in [0.4, 0.5) is 0 Å². The average Bonchev–Trinajstić information content (AvgIpc) is 3.22. The maximum absolute atomic E-state index is 13.0. The minimum atomic E-state index is -0.228. The predicted octanol–water partition coefficient (Wildman–Crippen LogP) is 2.33. The third kappa shape index (κ3) is 2.44. The van der Waals surface area contributed by atoms with E-state index < -0.39 is 0 Å². The number of amides is 1. The summed E-state index contributed by atoms with van der Waals surface area (Å²) >= 11 is 0. The number of piperidine rings is 1. The Hall–Kier alpha value is -1.39. The molecule has 0 unspecified atom stereocenters. The minimum Gasteiger partial charge on any atom is -0.350 e. The molecule has 4 heteroatoms. The number of carbonyl (C=O) groups excluding carboxylic acids is 1. The van der Waals surface area contributed by atoms with Crippen LogP contribution in [0, 0.1) is 5.92 Å². The Kier molecular flexibility index (Phi) is 3.66. The van der Waals surface area contributed by atoms with Gasteiger partial charge < -0.3 is 14.4 Å². The van der Waals surface area contributed by atoms with Crippen LogP contribution in [-0.4, -0.2) is 43.4 Å². The molecule has 1 aliphatic carbocycles. The van der Waals surface area contributed by atoms with E-state index in [1.807, 2.05) is 18.2 Å². The van der Waals surface area contributed by atoms with Gasteiger partial charge in [-0.2, -0.15) is 0 Å². The van der Waals surface area contributed by atoms with Gasteiger partial charge in [-0.05, 0) is 31.2 Å². The van der Waals surface area contributed by atoms with Crippen molar-refractivity contribution in [3.8, 4) is 0 Å². The molecule has 3 fully saturated rings. The van der Waals surface area contributed by atoms with Crippen molar-refractivity contribution in [3.63, 3.8) is 0 Å². The maximum Gasteiger partial charge on any atom is 0.233 e. The van der Waals surface area contributed by atoms with Crippen molar-refractivity contribution < 1.29 is 14.3 Å². The average molecular weight is 301 g/mol. The predicted molar refractivity (Wildman–Crippen MR) is 82.4 cm³/mol. The first kappa shape index (κ1) is 14.2. The lowest BCUT2D eigenvalue weighted by Gasteiger charge is -2.36. The van der Waals surface area contributed by atoms with Crippen molar-refractivity contribution in [2.24, 2.45) is 5.92 Å². The monoisotopic (exact) mass is 301 g/mol. The molecule has 0 radical (unpaired) electrons. The third-order valence-corrected chi connectivity index (χ3v) is 5.35. The standard InChI is InChI=1S/C18H23NO3/c20-17(18(8-9-18)15-4-2-1-3-5-15)19-10-6-14(7-11-19)16-21-12-13-22-16/h1-5,14,16H,6-13H2. The van der Waals surface area contributed by atoms with Crippen LogP contribution in [0.15, 0.2) is 30.3 Å². The smallest absolute Gasteiger partial charge is 0.233 e. The number of ether oxygens (including phenoxy) is 2. The third-order valence-electron chi connectivity index (χ3n) is 5.35. The van der Waals surface area contributed by atoms with Crippen molar-refractivity contribution in [3.05, 3.63) is 35.9 Å². The van der Waals surface area contributed by atoms with E-state index in [1.54, 1.807) is 0 Å². The van der Waals surface area contributed by atoms with Crippen molar-refractivity contribution in [2.45, 2.75) is 37.4 Å². The number of benzene rings is 1. The molecule has 0 atom stereocenters. The van der Waals surface area contributed by atoms with Crippen LogP contribution in [0.25, 0.3) is 0 Å². The van der Waals surface area contributed by atoms with E-state index in [0.29, 0.717) is 25.0 Å². The van der Waals surface area contributed by atoms with Crippen molar-refractivity contribution >= 4 is 5.91 Å². The number of hydrogen-bond donors (Lipinski definition) is 0. The lowest BCUT2D eigenvalue weighted by molar-refractivity contribution is -0.139. The molecular weight excluding hydrogens is 278 g/mol. The summed E-state index contributed by atoms with van der Waals surface area (Å²) < 4.78 is 11.2. The second-order valence-electron chi connectivity index (χ2n) is 6.69. The van der Waals surface area contributed by atoms with Gasteiger partial charge in [-0.25, -0.2) is 0 Å². The van der Waals surface area contributed by atoms with Gasteiger partial charge in [0.2, 0.25) is 5.91 Å². The van der Waals surface area contributed by atoms with Crippen molar-refractivity contribution in [2.75, 3.05) is 26.3 Å². The first-order chi connectivity index (χ1) is 10.8. The fraction of sp³-hybridized carbons (Fsp3) is 0.611. The fourth-order valence-electron chi connectivity index (χ4n) is 3.83. The van der Waals surface area contributed by atoms with Gasteiger partial charge in [0.15, 0.2) is 6.29 Å². The molecule has 4 nitrogen and oxygen atoms in total. The molecular formula is C18H23NO3. The van der Waals surface area contributed by atoms with Crippen LogP contribution in [0.3, 0.4) is 0 Å². The second-order valence-corrected chi connectivity index (χ2v) is 6.69. The number of nitrogens with zero attached hydrogens (tertiary/aromatic N) is 1. The van der Waals surface area contributed by atoms with Crippen molar-refractivity contribution in [1.82, 2.24) is 4.90 Å². The molecule has 1 saturated carbocycles. The fourth-order valence-corrected chi connectivity index (χ4v) is 3.83. The van der Waals surface area contributed by atoms with Crippen LogP contribution in [-0.2, 0) is 19.7 Å². The zero-order chi connectivity index (χ0) is 15.0. The van der Waals surface area contributed by atoms with Crippen LogP contribution in [0.1, 0.15) is 31.2 Å². The summed E-state index contributed by atoms with van der Waals surface area (Å²) in [6.45, 7) is 3.09. The Morgan fingerprint density at radius 3 is 2.27 bits per heavy atom. The van der Waals surface area contributed by atoms with Crippen LogP contribution in [0.2, 0.25) is 0 Å². The zero-order valence-corrected chi connectivity index (χ0v) is 12.9. The number of hydrogen-bond acceptors (Lipinski definition) is 3. The van der Waals surface area contributed by atoms with E-state index in [2.05, 4.69) is 17.0 Å². The summed E-state index contributed by atoms with van der Waals surface area (Å²) in [5, 5.41) is 0. The summed E-state index contributed by atoms with van der Waals surface area (Å²) in [5.74, 6) is 0.767. The van der Waals surface area contributed by atoms with Crippen molar-refractivity contribution in [1.29, 1.82) is 0 Å². The Bertz CT molecular complexity index is 527. The molecule has 118 valence electrons. The minimum absolute atomic E-state index is 0.0405. The molecule has 1 amide bonds. The molecule has 3 aliphatic rings. The molecule has 1 aromatic rings. The van der Waals surface area contributed by atoms with Gasteiger partial charge >= 0.3 is 0 Å². The first-order valence-corrected chi connectivity index (χ1v) is 8.38. The van der Waals surface area contributed by atoms with Gasteiger partial charge in [0.25, 0.3) is 0 Å². The zero-order valence-electron chi connectivity index (χ0n) is 12.9. The lowest BCUT2D eigenvalue weighted by Crippen LogP contribution is -2.45. The molecule has 0 aromatic heterocycles. The van der Waals surface area contributed by atoms with Gasteiger partial charge in [-0.1, -0.05) is 30.3 Å². The molecule has 2 heterocycles. The van der Waals surface area contributed by atoms with E-state index in [9.17, 15) is 4.79 Å². The number of likely N-dealkylation sites (tertiary alicyclic amines) is 1. The summed E-state index contributed by atoms with van der Waals surface area (Å²) in [4.78, 5) is 15.0. The number of carbonyl (C=O) groups is 1. The first-order valence-electron chi connectivity index (χ1n) is 8.38. The summed E-state index contributed by atoms with van der Waals surface area (Å²) in [7, 11) is 0. The van der Waals surface area contributed by atoms with E-state index in [4.69, 9.17) is 9.47 Å². The second kappa shape index (κ2) is 5.67. The molecule has 0 spiro atoms. The van der Waals surface area contributed by atoms with E-state index >= 15 is 0 Å². The van der Waals surface area contributed by atoms with Gasteiger partial charge in [-0.3, -0.25) is 4.79 Å². The Morgan fingerprint density at radius 1 is 1.05 bits per heavy atom. The molecule has 1 aromatic carbocycles. The molecule has 2 saturated heterocycles. The number of rotatable bonds is 3. The highest BCUT2D eigenvalue weighted by molar-refractivity contribution is 5.91. The van der Waals surface area contributed by atoms with Gasteiger partial charge in [-0.15, -0.1) is 0 Å². The van der Waals surface area contributed by atoms with Gasteiger partial charge in [0, 0.05) is 19.0 Å². The topological polar surface area (TPSA) is 38.8 Å². The quantitative estimate of drug-likeness (QED) is 0.860. The summed E-state index contributed by atoms with van der Waals surface area (Å²) in [6, 6.07) is 10.3. The molecule has 22 heavy (non-hydrogen) atoms. The van der Waals surface area contributed by atoms with Crippen LogP contribution >= 0.6 is 0 Å². The van der Waals surface area contributed by atoms with Gasteiger partial charge in [0.05, 0.1) is 18.6 Å². The maximum atomic E-state index is 13.0. The lowest BCUT2D eigenvalue weighted by atomic mass is 9.91. The Balaban J connectivity index is 1.40. The normalized spacial score (nSPS) is 25.4. The largest absolute Gasteiger partial charge is 0.350 e. The van der Waals surface area contributed by atoms with E-state index in [0.717, 1.165) is 38.8 Å². The molecule has 0 N–H and O–H groups in total. The van der Waals surface area contributed by atoms with E-state index in [-0.39, 0.29) is 11.7 Å². The molecule has 0 bridgehead atoms. The molecule has 4 rings (SSSR count). The molecule has 2 aliphatic heterocycles. The SMILES string of the molecule is O=C(N1CCC(C2OCCO2)CC1)C1(c2ccccc2)CC1. The highest BCUT2D eigenvalue weighted by atomic mass is 16.7. The van der Waals surface area contributed by atoms with Crippen LogP contribution in [0.5, 0.6) is 0 Å². The highest BCUT2D eigenvalue weighted by Gasteiger charge is 2.53. The van der Waals surface area contributed by atoms with Gasteiger partial charge in [0.1, 0.15) is 0 Å². The summed E-state index contributed by atoms with van der Waals surface area (Å²) in [6.07, 6.45) is 3.92. The van der Waals surface area contributed by atoms with Crippen LogP contribution < -0.4 is 0 Å². The Labute approximate surface area is 131 Å². The Morgan fingerprint density at radius 2 is 1.68 bits per heavy atom.